The summed E-state index contributed by atoms with van der Waals surface area (Å²) in [5.74, 6) is 0.634. The van der Waals surface area contributed by atoms with Crippen molar-refractivity contribution < 1.29 is 8.42 Å². The van der Waals surface area contributed by atoms with Gasteiger partial charge in [0, 0.05) is 18.5 Å². The highest BCUT2D eigenvalue weighted by atomic mass is 32.2. The van der Waals surface area contributed by atoms with E-state index in [1.165, 1.54) is 5.41 Å². The van der Waals surface area contributed by atoms with E-state index in [1.54, 1.807) is 10.4 Å². The molecule has 0 amide bonds. The van der Waals surface area contributed by atoms with Crippen LogP contribution in [0.2, 0.25) is 0 Å². The number of piperidine rings is 1. The zero-order valence-corrected chi connectivity index (χ0v) is 11.4. The minimum atomic E-state index is -3.25. The second kappa shape index (κ2) is 5.67. The van der Waals surface area contributed by atoms with E-state index in [1.807, 2.05) is 30.3 Å². The molecule has 0 bridgehead atoms. The van der Waals surface area contributed by atoms with Crippen LogP contribution in [-0.2, 0) is 10.0 Å². The van der Waals surface area contributed by atoms with Crippen LogP contribution in [0.25, 0.3) is 6.08 Å². The summed E-state index contributed by atoms with van der Waals surface area (Å²) >= 11 is 0. The van der Waals surface area contributed by atoms with E-state index in [-0.39, 0.29) is 0 Å². The van der Waals surface area contributed by atoms with E-state index in [0.717, 1.165) is 18.4 Å². The summed E-state index contributed by atoms with van der Waals surface area (Å²) in [4.78, 5) is 0. The maximum absolute atomic E-state index is 12.1. The number of hydrogen-bond donors (Lipinski definition) is 0. The van der Waals surface area contributed by atoms with Crippen molar-refractivity contribution in [2.24, 2.45) is 5.92 Å². The Morgan fingerprint density at radius 2 is 1.78 bits per heavy atom. The van der Waals surface area contributed by atoms with Gasteiger partial charge < -0.3 is 0 Å². The average molecular weight is 265 g/mol. The van der Waals surface area contributed by atoms with E-state index in [2.05, 4.69) is 6.92 Å². The highest BCUT2D eigenvalue weighted by Crippen LogP contribution is 2.19. The zero-order chi connectivity index (χ0) is 13.0. The van der Waals surface area contributed by atoms with Gasteiger partial charge in [0.25, 0.3) is 0 Å². The molecule has 0 N–H and O–H groups in total. The second-order valence-electron chi connectivity index (χ2n) is 4.84. The monoisotopic (exact) mass is 265 g/mol. The average Bonchev–Trinajstić information content (AvgIpc) is 2.38. The fraction of sp³-hybridized carbons (Fsp3) is 0.429. The van der Waals surface area contributed by atoms with Gasteiger partial charge in [0.1, 0.15) is 0 Å². The Bertz CT molecular complexity index is 500. The Morgan fingerprint density at radius 3 is 2.39 bits per heavy atom. The molecule has 1 aromatic carbocycles. The molecule has 18 heavy (non-hydrogen) atoms. The standard InChI is InChI=1S/C14H19NO2S/c1-13-7-10-15(11-8-13)18(16,17)12-9-14-5-3-2-4-6-14/h2-6,9,12-13H,7-8,10-11H2,1H3. The van der Waals surface area contributed by atoms with Crippen LogP contribution in [0.15, 0.2) is 35.7 Å². The number of rotatable bonds is 3. The molecule has 4 heteroatoms. The van der Waals surface area contributed by atoms with Crippen LogP contribution in [0, 0.1) is 5.92 Å². The third-order valence-electron chi connectivity index (χ3n) is 3.33. The first-order chi connectivity index (χ1) is 8.58. The first-order valence-corrected chi connectivity index (χ1v) is 7.81. The first-order valence-electron chi connectivity index (χ1n) is 6.31. The molecule has 1 saturated heterocycles. The summed E-state index contributed by atoms with van der Waals surface area (Å²) in [6.07, 6.45) is 3.57. The third-order valence-corrected chi connectivity index (χ3v) is 4.90. The van der Waals surface area contributed by atoms with E-state index < -0.39 is 10.0 Å². The van der Waals surface area contributed by atoms with Gasteiger partial charge in [-0.1, -0.05) is 37.3 Å². The molecule has 0 saturated carbocycles. The van der Waals surface area contributed by atoms with Gasteiger partial charge in [-0.25, -0.2) is 8.42 Å². The van der Waals surface area contributed by atoms with Crippen LogP contribution in [0.5, 0.6) is 0 Å². The largest absolute Gasteiger partial charge is 0.236 e. The van der Waals surface area contributed by atoms with Crippen LogP contribution in [-0.4, -0.2) is 25.8 Å². The van der Waals surface area contributed by atoms with Gasteiger partial charge >= 0.3 is 0 Å². The van der Waals surface area contributed by atoms with Gasteiger partial charge in [-0.15, -0.1) is 0 Å². The normalized spacial score (nSPS) is 19.4. The van der Waals surface area contributed by atoms with Crippen LogP contribution < -0.4 is 0 Å². The van der Waals surface area contributed by atoms with Crippen molar-refractivity contribution >= 4 is 16.1 Å². The van der Waals surface area contributed by atoms with Gasteiger partial charge in [0.2, 0.25) is 10.0 Å². The lowest BCUT2D eigenvalue weighted by Crippen LogP contribution is -2.36. The molecule has 0 aromatic heterocycles. The van der Waals surface area contributed by atoms with E-state index >= 15 is 0 Å². The van der Waals surface area contributed by atoms with Crippen molar-refractivity contribution in [3.8, 4) is 0 Å². The molecule has 1 aliphatic heterocycles. The van der Waals surface area contributed by atoms with Crippen molar-refractivity contribution in [1.29, 1.82) is 0 Å². The maximum Gasteiger partial charge on any atom is 0.236 e. The van der Waals surface area contributed by atoms with E-state index in [9.17, 15) is 8.42 Å². The summed E-state index contributed by atoms with van der Waals surface area (Å²) in [5, 5.41) is 1.32. The minimum absolute atomic E-state index is 0.634. The molecule has 1 aliphatic rings. The Hall–Kier alpha value is -1.13. The molecule has 0 aliphatic carbocycles. The molecular weight excluding hydrogens is 246 g/mol. The molecule has 1 fully saturated rings. The Labute approximate surface area is 109 Å². The fourth-order valence-corrected chi connectivity index (χ4v) is 3.28. The fourth-order valence-electron chi connectivity index (χ4n) is 2.05. The van der Waals surface area contributed by atoms with Gasteiger partial charge in [-0.2, -0.15) is 4.31 Å². The van der Waals surface area contributed by atoms with Gasteiger partial charge in [0.15, 0.2) is 0 Å². The predicted molar refractivity (Wildman–Crippen MR) is 74.4 cm³/mol. The summed E-state index contributed by atoms with van der Waals surface area (Å²) in [7, 11) is -3.25. The van der Waals surface area contributed by atoms with Crippen molar-refractivity contribution in [1.82, 2.24) is 4.31 Å². The lowest BCUT2D eigenvalue weighted by Gasteiger charge is -2.28. The maximum atomic E-state index is 12.1. The Morgan fingerprint density at radius 1 is 1.17 bits per heavy atom. The van der Waals surface area contributed by atoms with Gasteiger partial charge in [-0.3, -0.25) is 0 Å². The molecule has 0 atom stereocenters. The van der Waals surface area contributed by atoms with Crippen molar-refractivity contribution in [2.45, 2.75) is 19.8 Å². The molecule has 3 nitrogen and oxygen atoms in total. The molecular formula is C14H19NO2S. The summed E-state index contributed by atoms with van der Waals surface area (Å²) in [5.41, 5.74) is 0.909. The molecule has 98 valence electrons. The molecule has 0 unspecified atom stereocenters. The minimum Gasteiger partial charge on any atom is -0.208 e. The predicted octanol–water partition coefficient (Wildman–Crippen LogP) is 2.72. The second-order valence-corrected chi connectivity index (χ2v) is 6.66. The van der Waals surface area contributed by atoms with Gasteiger partial charge in [0.05, 0.1) is 0 Å². The van der Waals surface area contributed by atoms with Crippen LogP contribution in [0.4, 0.5) is 0 Å². The number of benzene rings is 1. The molecule has 0 radical (unpaired) electrons. The lowest BCUT2D eigenvalue weighted by molar-refractivity contribution is 0.290. The van der Waals surface area contributed by atoms with E-state index in [0.29, 0.717) is 19.0 Å². The topological polar surface area (TPSA) is 37.4 Å². The first kappa shape index (κ1) is 13.3. The quantitative estimate of drug-likeness (QED) is 0.842. The summed E-state index contributed by atoms with van der Waals surface area (Å²) in [6.45, 7) is 3.45. The SMILES string of the molecule is CC1CCN(S(=O)(=O)C=Cc2ccccc2)CC1. The number of nitrogens with zero attached hydrogens (tertiary/aromatic N) is 1. The molecule has 2 rings (SSSR count). The van der Waals surface area contributed by atoms with Crippen molar-refractivity contribution in [3.05, 3.63) is 41.3 Å². The molecule has 1 heterocycles. The van der Waals surface area contributed by atoms with Crippen LogP contribution in [0.1, 0.15) is 25.3 Å². The smallest absolute Gasteiger partial charge is 0.208 e. The molecule has 1 aromatic rings. The van der Waals surface area contributed by atoms with Gasteiger partial charge in [-0.05, 0) is 30.4 Å². The summed E-state index contributed by atoms with van der Waals surface area (Å²) < 4.78 is 25.8. The number of hydrogen-bond acceptors (Lipinski definition) is 2. The Balaban J connectivity index is 2.06. The highest BCUT2D eigenvalue weighted by Gasteiger charge is 2.24. The van der Waals surface area contributed by atoms with Crippen molar-refractivity contribution in [2.75, 3.05) is 13.1 Å². The van der Waals surface area contributed by atoms with Crippen LogP contribution in [0.3, 0.4) is 0 Å². The van der Waals surface area contributed by atoms with Crippen molar-refractivity contribution in [3.63, 3.8) is 0 Å². The Kier molecular flexibility index (Phi) is 4.19. The molecule has 0 spiro atoms. The van der Waals surface area contributed by atoms with Crippen LogP contribution >= 0.6 is 0 Å². The summed E-state index contributed by atoms with van der Waals surface area (Å²) in [6, 6.07) is 9.50. The van der Waals surface area contributed by atoms with E-state index in [4.69, 9.17) is 0 Å². The number of sulfonamides is 1. The third kappa shape index (κ3) is 3.43. The lowest BCUT2D eigenvalue weighted by atomic mass is 10.0. The highest BCUT2D eigenvalue weighted by molar-refractivity contribution is 7.92. The zero-order valence-electron chi connectivity index (χ0n) is 10.6.